The van der Waals surface area contributed by atoms with E-state index in [9.17, 15) is 8.42 Å². The molecule has 0 radical (unpaired) electrons. The number of anilines is 2. The molecule has 0 unspecified atom stereocenters. The smallest absolute Gasteiger partial charge is 0.244 e. The number of thiophene rings is 1. The van der Waals surface area contributed by atoms with Crippen molar-refractivity contribution in [3.05, 3.63) is 39.0 Å². The van der Waals surface area contributed by atoms with Crippen LogP contribution in [0, 0.1) is 0 Å². The van der Waals surface area contributed by atoms with Crippen LogP contribution in [0.3, 0.4) is 0 Å². The van der Waals surface area contributed by atoms with Crippen molar-refractivity contribution in [1.82, 2.24) is 4.31 Å². The van der Waals surface area contributed by atoms with Crippen molar-refractivity contribution in [3.8, 4) is 0 Å². The molecular formula is C13H16BrN3O2S2. The Bertz CT molecular complexity index is 742. The largest absolute Gasteiger partial charge is 0.396 e. The second kappa shape index (κ2) is 6.35. The second-order valence-electron chi connectivity index (χ2n) is 4.59. The van der Waals surface area contributed by atoms with Crippen LogP contribution in [-0.4, -0.2) is 26.8 Å². The van der Waals surface area contributed by atoms with Crippen molar-refractivity contribution in [1.29, 1.82) is 0 Å². The Morgan fingerprint density at radius 2 is 2.10 bits per heavy atom. The number of sulfonamides is 1. The highest BCUT2D eigenvalue weighted by molar-refractivity contribution is 9.10. The van der Waals surface area contributed by atoms with Crippen molar-refractivity contribution in [2.75, 3.05) is 25.1 Å². The van der Waals surface area contributed by atoms with E-state index in [1.165, 1.54) is 20.2 Å². The number of benzene rings is 1. The predicted molar refractivity (Wildman–Crippen MR) is 91.1 cm³/mol. The number of nitrogens with two attached hydrogens (primary N) is 1. The topological polar surface area (TPSA) is 75.4 Å². The quantitative estimate of drug-likeness (QED) is 0.770. The lowest BCUT2D eigenvalue weighted by Crippen LogP contribution is -2.23. The van der Waals surface area contributed by atoms with Gasteiger partial charge in [-0.05, 0) is 34.1 Å². The molecule has 2 aromatic rings. The number of halogens is 1. The number of nitrogens with one attached hydrogen (secondary N) is 1. The normalized spacial score (nSPS) is 11.8. The third-order valence-electron chi connectivity index (χ3n) is 2.90. The van der Waals surface area contributed by atoms with Crippen LogP contribution >= 0.6 is 27.3 Å². The van der Waals surface area contributed by atoms with Crippen molar-refractivity contribution in [3.63, 3.8) is 0 Å². The Kier molecular flexibility index (Phi) is 4.92. The molecule has 3 N–H and O–H groups in total. The molecule has 114 valence electrons. The highest BCUT2D eigenvalue weighted by atomic mass is 79.9. The van der Waals surface area contributed by atoms with Crippen molar-refractivity contribution in [2.24, 2.45) is 0 Å². The molecule has 0 bridgehead atoms. The number of rotatable bonds is 5. The summed E-state index contributed by atoms with van der Waals surface area (Å²) in [5.41, 5.74) is 6.85. The zero-order valence-corrected chi connectivity index (χ0v) is 14.8. The Morgan fingerprint density at radius 3 is 2.67 bits per heavy atom. The number of nitrogens with zero attached hydrogens (tertiary/aromatic N) is 1. The second-order valence-corrected chi connectivity index (χ2v) is 8.62. The van der Waals surface area contributed by atoms with Gasteiger partial charge < -0.3 is 11.1 Å². The fourth-order valence-corrected chi connectivity index (χ4v) is 4.17. The van der Waals surface area contributed by atoms with Gasteiger partial charge in [0.25, 0.3) is 0 Å². The Morgan fingerprint density at radius 1 is 1.38 bits per heavy atom. The summed E-state index contributed by atoms with van der Waals surface area (Å²) in [6, 6.07) is 6.97. The lowest BCUT2D eigenvalue weighted by Gasteiger charge is -2.16. The molecule has 1 aromatic carbocycles. The van der Waals surface area contributed by atoms with E-state index in [1.54, 1.807) is 23.5 Å². The lowest BCUT2D eigenvalue weighted by molar-refractivity contribution is 0.521. The van der Waals surface area contributed by atoms with Crippen molar-refractivity contribution < 1.29 is 8.42 Å². The molecule has 0 aliphatic heterocycles. The van der Waals surface area contributed by atoms with Crippen LogP contribution in [0.15, 0.2) is 39.0 Å². The third-order valence-corrected chi connectivity index (χ3v) is 6.47. The van der Waals surface area contributed by atoms with Crippen LogP contribution < -0.4 is 11.1 Å². The average Bonchev–Trinajstić information content (AvgIpc) is 2.83. The lowest BCUT2D eigenvalue weighted by atomic mass is 10.2. The SMILES string of the molecule is CN(C)S(=O)(=O)c1cccc(NCc2cc(Br)cs2)c1N. The Balaban J connectivity index is 2.26. The monoisotopic (exact) mass is 389 g/mol. The first-order chi connectivity index (χ1) is 9.82. The first-order valence-electron chi connectivity index (χ1n) is 6.10. The van der Waals surface area contributed by atoms with Gasteiger partial charge in [0, 0.05) is 35.4 Å². The summed E-state index contributed by atoms with van der Waals surface area (Å²) in [4.78, 5) is 1.24. The van der Waals surface area contributed by atoms with E-state index in [1.807, 2.05) is 11.4 Å². The van der Waals surface area contributed by atoms with Gasteiger partial charge in [-0.25, -0.2) is 12.7 Å². The summed E-state index contributed by atoms with van der Waals surface area (Å²) in [5, 5.41) is 5.17. The van der Waals surface area contributed by atoms with Gasteiger partial charge in [-0.1, -0.05) is 6.07 Å². The number of hydrogen-bond donors (Lipinski definition) is 2. The minimum atomic E-state index is -3.55. The van der Waals surface area contributed by atoms with Gasteiger partial charge in [0.15, 0.2) is 0 Å². The van der Waals surface area contributed by atoms with Crippen LogP contribution in [0.4, 0.5) is 11.4 Å². The summed E-state index contributed by atoms with van der Waals surface area (Å²) in [5.74, 6) is 0. The van der Waals surface area contributed by atoms with Crippen LogP contribution in [-0.2, 0) is 16.6 Å². The highest BCUT2D eigenvalue weighted by Gasteiger charge is 2.21. The van der Waals surface area contributed by atoms with Crippen molar-refractivity contribution >= 4 is 48.7 Å². The summed E-state index contributed by atoms with van der Waals surface area (Å²) >= 11 is 5.01. The molecule has 0 saturated heterocycles. The van der Waals surface area contributed by atoms with Gasteiger partial charge in [-0.3, -0.25) is 0 Å². The van der Waals surface area contributed by atoms with E-state index in [0.29, 0.717) is 12.2 Å². The summed E-state index contributed by atoms with van der Waals surface area (Å²) in [6.45, 7) is 0.589. The minimum Gasteiger partial charge on any atom is -0.396 e. The Hall–Kier alpha value is -1.09. The van der Waals surface area contributed by atoms with Crippen molar-refractivity contribution in [2.45, 2.75) is 11.4 Å². The zero-order chi connectivity index (χ0) is 15.6. The molecule has 0 aliphatic rings. The molecule has 5 nitrogen and oxygen atoms in total. The Labute approximate surface area is 137 Å². The molecule has 0 amide bonds. The van der Waals surface area contributed by atoms with E-state index in [4.69, 9.17) is 5.73 Å². The fourth-order valence-electron chi connectivity index (χ4n) is 1.75. The van der Waals surface area contributed by atoms with E-state index < -0.39 is 10.0 Å². The first kappa shape index (κ1) is 16.3. The van der Waals surface area contributed by atoms with Gasteiger partial charge >= 0.3 is 0 Å². The molecule has 2 rings (SSSR count). The minimum absolute atomic E-state index is 0.116. The summed E-state index contributed by atoms with van der Waals surface area (Å²) in [6.07, 6.45) is 0. The molecule has 0 atom stereocenters. The van der Waals surface area contributed by atoms with E-state index in [0.717, 1.165) is 13.7 Å². The molecule has 0 aliphatic carbocycles. The molecule has 0 fully saturated rings. The highest BCUT2D eigenvalue weighted by Crippen LogP contribution is 2.29. The number of hydrogen-bond acceptors (Lipinski definition) is 5. The van der Waals surface area contributed by atoms with Crippen LogP contribution in [0.1, 0.15) is 4.88 Å². The fraction of sp³-hybridized carbons (Fsp3) is 0.231. The zero-order valence-electron chi connectivity index (χ0n) is 11.6. The molecule has 21 heavy (non-hydrogen) atoms. The third kappa shape index (κ3) is 3.57. The van der Waals surface area contributed by atoms with Gasteiger partial charge in [0.2, 0.25) is 10.0 Å². The summed E-state index contributed by atoms with van der Waals surface area (Å²) < 4.78 is 26.6. The van der Waals surface area contributed by atoms with Gasteiger partial charge in [-0.15, -0.1) is 11.3 Å². The van der Waals surface area contributed by atoms with Gasteiger partial charge in [0.05, 0.1) is 11.4 Å². The maximum atomic E-state index is 12.2. The summed E-state index contributed by atoms with van der Waals surface area (Å²) in [7, 11) is -0.577. The molecule has 8 heteroatoms. The predicted octanol–water partition coefficient (Wildman–Crippen LogP) is 2.96. The van der Waals surface area contributed by atoms with Crippen LogP contribution in [0.2, 0.25) is 0 Å². The number of nitrogen functional groups attached to an aromatic ring is 1. The number of para-hydroxylation sites is 1. The maximum absolute atomic E-state index is 12.2. The molecule has 0 saturated carbocycles. The first-order valence-corrected chi connectivity index (χ1v) is 9.21. The molecular weight excluding hydrogens is 374 g/mol. The maximum Gasteiger partial charge on any atom is 0.244 e. The van der Waals surface area contributed by atoms with E-state index >= 15 is 0 Å². The van der Waals surface area contributed by atoms with Crippen LogP contribution in [0.5, 0.6) is 0 Å². The average molecular weight is 390 g/mol. The van der Waals surface area contributed by atoms with Gasteiger partial charge in [0.1, 0.15) is 4.90 Å². The van der Waals surface area contributed by atoms with Crippen LogP contribution in [0.25, 0.3) is 0 Å². The molecule has 1 heterocycles. The standard InChI is InChI=1S/C13H16BrN3O2S2/c1-17(2)21(18,19)12-5-3-4-11(13(12)15)16-7-10-6-9(14)8-20-10/h3-6,8,16H,7,15H2,1-2H3. The molecule has 1 aromatic heterocycles. The van der Waals surface area contributed by atoms with E-state index in [-0.39, 0.29) is 10.6 Å². The molecule has 0 spiro atoms. The van der Waals surface area contributed by atoms with E-state index in [2.05, 4.69) is 21.2 Å². The van der Waals surface area contributed by atoms with Gasteiger partial charge in [-0.2, -0.15) is 0 Å².